The highest BCUT2D eigenvalue weighted by atomic mass is 16.5. The fourth-order valence-corrected chi connectivity index (χ4v) is 1.57. The molecule has 0 radical (unpaired) electrons. The van der Waals surface area contributed by atoms with E-state index in [1.807, 2.05) is 0 Å². The molecule has 1 aromatic rings. The van der Waals surface area contributed by atoms with Crippen molar-refractivity contribution in [1.82, 2.24) is 5.32 Å². The molecule has 0 aliphatic rings. The molecule has 0 saturated heterocycles. The third-order valence-electron chi connectivity index (χ3n) is 2.70. The van der Waals surface area contributed by atoms with Gasteiger partial charge in [0.25, 0.3) is 5.91 Å². The van der Waals surface area contributed by atoms with Gasteiger partial charge in [0, 0.05) is 19.7 Å². The summed E-state index contributed by atoms with van der Waals surface area (Å²) in [6.45, 7) is 2.28. The average Bonchev–Trinajstić information content (AvgIpc) is 2.46. The van der Waals surface area contributed by atoms with Crippen LogP contribution in [0, 0.1) is 0 Å². The van der Waals surface area contributed by atoms with Gasteiger partial charge in [-0.3, -0.25) is 4.79 Å². The van der Waals surface area contributed by atoms with Crippen LogP contribution in [0.15, 0.2) is 18.2 Å². The number of rotatable bonds is 8. The van der Waals surface area contributed by atoms with E-state index in [1.165, 1.54) is 39.3 Å². The van der Waals surface area contributed by atoms with Crippen molar-refractivity contribution < 1.29 is 28.9 Å². The summed E-state index contributed by atoms with van der Waals surface area (Å²) in [6.07, 6.45) is -0.841. The molecule has 116 valence electrons. The molecular formula is C14H19NO6. The number of benzene rings is 1. The van der Waals surface area contributed by atoms with Gasteiger partial charge in [0.05, 0.1) is 13.7 Å². The number of carbonyl (C=O) groups is 2. The van der Waals surface area contributed by atoms with Crippen LogP contribution in [0.25, 0.3) is 0 Å². The fraction of sp³-hybridized carbons (Fsp3) is 0.429. The molecule has 7 heteroatoms. The van der Waals surface area contributed by atoms with Gasteiger partial charge in [-0.2, -0.15) is 0 Å². The number of aromatic carboxylic acids is 1. The second-order valence-electron chi connectivity index (χ2n) is 4.21. The van der Waals surface area contributed by atoms with E-state index < -0.39 is 12.1 Å². The summed E-state index contributed by atoms with van der Waals surface area (Å²) in [5, 5.41) is 11.7. The minimum Gasteiger partial charge on any atom is -0.497 e. The summed E-state index contributed by atoms with van der Waals surface area (Å²) in [5.41, 5.74) is -0.0349. The van der Waals surface area contributed by atoms with E-state index in [-0.39, 0.29) is 17.2 Å². The maximum Gasteiger partial charge on any atom is 0.339 e. The second-order valence-corrected chi connectivity index (χ2v) is 4.21. The Labute approximate surface area is 122 Å². The highest BCUT2D eigenvalue weighted by molar-refractivity contribution is 5.91. The lowest BCUT2D eigenvalue weighted by molar-refractivity contribution is -0.127. The Kier molecular flexibility index (Phi) is 6.48. The number of nitrogens with one attached hydrogen (secondary N) is 1. The molecule has 0 aromatic heterocycles. The Morgan fingerprint density at radius 2 is 2.05 bits per heavy atom. The van der Waals surface area contributed by atoms with E-state index in [9.17, 15) is 9.59 Å². The summed E-state index contributed by atoms with van der Waals surface area (Å²) in [7, 11) is 2.99. The van der Waals surface area contributed by atoms with Crippen LogP contribution in [0.5, 0.6) is 11.5 Å². The topological polar surface area (TPSA) is 94.1 Å². The monoisotopic (exact) mass is 297 g/mol. The Bertz CT molecular complexity index is 502. The molecule has 7 nitrogen and oxygen atoms in total. The van der Waals surface area contributed by atoms with Crippen molar-refractivity contribution >= 4 is 11.9 Å². The van der Waals surface area contributed by atoms with E-state index in [4.69, 9.17) is 19.3 Å². The van der Waals surface area contributed by atoms with Gasteiger partial charge in [-0.25, -0.2) is 4.79 Å². The predicted molar refractivity (Wildman–Crippen MR) is 74.9 cm³/mol. The fourth-order valence-electron chi connectivity index (χ4n) is 1.57. The lowest BCUT2D eigenvalue weighted by atomic mass is 10.2. The Morgan fingerprint density at radius 1 is 1.33 bits per heavy atom. The predicted octanol–water partition coefficient (Wildman–Crippen LogP) is 0.923. The molecule has 1 amide bonds. The van der Waals surface area contributed by atoms with Crippen molar-refractivity contribution in [1.29, 1.82) is 0 Å². The molecule has 0 saturated carbocycles. The lowest BCUT2D eigenvalue weighted by Crippen LogP contribution is -2.38. The SMILES string of the molecule is COCCNC(=O)C(C)Oc1cc(OC)ccc1C(=O)O. The Morgan fingerprint density at radius 3 is 2.62 bits per heavy atom. The lowest BCUT2D eigenvalue weighted by Gasteiger charge is -2.16. The van der Waals surface area contributed by atoms with Gasteiger partial charge < -0.3 is 24.6 Å². The number of ether oxygens (including phenoxy) is 3. The summed E-state index contributed by atoms with van der Waals surface area (Å²) >= 11 is 0. The van der Waals surface area contributed by atoms with Crippen molar-refractivity contribution in [3.8, 4) is 11.5 Å². The van der Waals surface area contributed by atoms with E-state index in [1.54, 1.807) is 0 Å². The highest BCUT2D eigenvalue weighted by Gasteiger charge is 2.19. The van der Waals surface area contributed by atoms with E-state index in [2.05, 4.69) is 5.32 Å². The molecular weight excluding hydrogens is 278 g/mol. The Balaban J connectivity index is 2.80. The summed E-state index contributed by atoms with van der Waals surface area (Å²) < 4.78 is 15.3. The van der Waals surface area contributed by atoms with Crippen molar-refractivity contribution in [3.05, 3.63) is 23.8 Å². The maximum absolute atomic E-state index is 11.8. The van der Waals surface area contributed by atoms with Gasteiger partial charge in [0.15, 0.2) is 6.10 Å². The first-order valence-corrected chi connectivity index (χ1v) is 6.34. The zero-order valence-electron chi connectivity index (χ0n) is 12.2. The third-order valence-corrected chi connectivity index (χ3v) is 2.70. The first kappa shape index (κ1) is 16.8. The van der Waals surface area contributed by atoms with E-state index >= 15 is 0 Å². The van der Waals surface area contributed by atoms with E-state index in [0.29, 0.717) is 18.9 Å². The summed E-state index contributed by atoms with van der Waals surface area (Å²) in [5.74, 6) is -0.968. The number of hydrogen-bond donors (Lipinski definition) is 2. The van der Waals surface area contributed by atoms with Gasteiger partial charge in [-0.05, 0) is 19.1 Å². The van der Waals surface area contributed by atoms with Gasteiger partial charge >= 0.3 is 5.97 Å². The molecule has 0 heterocycles. The molecule has 0 spiro atoms. The normalized spacial score (nSPS) is 11.6. The zero-order chi connectivity index (χ0) is 15.8. The molecule has 1 aromatic carbocycles. The first-order chi connectivity index (χ1) is 9.99. The van der Waals surface area contributed by atoms with Crippen LogP contribution in [-0.4, -0.2) is 50.5 Å². The van der Waals surface area contributed by atoms with Gasteiger partial charge in [0.1, 0.15) is 17.1 Å². The molecule has 0 aliphatic carbocycles. The van der Waals surface area contributed by atoms with Gasteiger partial charge in [-0.1, -0.05) is 0 Å². The van der Waals surface area contributed by atoms with Crippen LogP contribution in [0.2, 0.25) is 0 Å². The largest absolute Gasteiger partial charge is 0.497 e. The van der Waals surface area contributed by atoms with Crippen LogP contribution < -0.4 is 14.8 Å². The maximum atomic E-state index is 11.8. The van der Waals surface area contributed by atoms with E-state index in [0.717, 1.165) is 0 Å². The molecule has 1 atom stereocenters. The van der Waals surface area contributed by atoms with Crippen molar-refractivity contribution in [2.24, 2.45) is 0 Å². The molecule has 0 fully saturated rings. The molecule has 2 N–H and O–H groups in total. The van der Waals surface area contributed by atoms with Crippen molar-refractivity contribution in [3.63, 3.8) is 0 Å². The molecule has 21 heavy (non-hydrogen) atoms. The first-order valence-electron chi connectivity index (χ1n) is 6.34. The number of methoxy groups -OCH3 is 2. The number of hydrogen-bond acceptors (Lipinski definition) is 5. The summed E-state index contributed by atoms with van der Waals surface area (Å²) in [4.78, 5) is 22.9. The summed E-state index contributed by atoms with van der Waals surface area (Å²) in [6, 6.07) is 4.31. The van der Waals surface area contributed by atoms with Gasteiger partial charge in [0.2, 0.25) is 0 Å². The molecule has 0 bridgehead atoms. The minimum atomic E-state index is -1.14. The quantitative estimate of drug-likeness (QED) is 0.693. The Hall–Kier alpha value is -2.28. The average molecular weight is 297 g/mol. The number of carboxylic acids is 1. The van der Waals surface area contributed by atoms with Crippen molar-refractivity contribution in [2.45, 2.75) is 13.0 Å². The minimum absolute atomic E-state index is 0.0349. The molecule has 1 rings (SSSR count). The second kappa shape index (κ2) is 8.11. The van der Waals surface area contributed by atoms with Crippen LogP contribution >= 0.6 is 0 Å². The standard InChI is InChI=1S/C14H19NO6/c1-9(13(16)15-6-7-19-2)21-12-8-10(20-3)4-5-11(12)14(17)18/h4-5,8-9H,6-7H2,1-3H3,(H,15,16)(H,17,18). The van der Waals surface area contributed by atoms with Crippen LogP contribution in [0.4, 0.5) is 0 Å². The molecule has 1 unspecified atom stereocenters. The van der Waals surface area contributed by atoms with Crippen LogP contribution in [0.1, 0.15) is 17.3 Å². The van der Waals surface area contributed by atoms with Crippen molar-refractivity contribution in [2.75, 3.05) is 27.4 Å². The number of amides is 1. The number of carboxylic acid groups (broad SMARTS) is 1. The highest BCUT2D eigenvalue weighted by Crippen LogP contribution is 2.25. The molecule has 0 aliphatic heterocycles. The van der Waals surface area contributed by atoms with Gasteiger partial charge in [-0.15, -0.1) is 0 Å². The smallest absolute Gasteiger partial charge is 0.339 e. The third kappa shape index (κ3) is 4.96. The zero-order valence-corrected chi connectivity index (χ0v) is 12.2. The number of carbonyl (C=O) groups excluding carboxylic acids is 1. The van der Waals surface area contributed by atoms with Crippen LogP contribution in [0.3, 0.4) is 0 Å². The van der Waals surface area contributed by atoms with Crippen LogP contribution in [-0.2, 0) is 9.53 Å².